The molecular formula is C9H15N3OS. The average Bonchev–Trinajstić information content (AvgIpc) is 2.63. The normalized spacial score (nSPS) is 10.1. The number of thiazole rings is 1. The van der Waals surface area contributed by atoms with Gasteiger partial charge in [-0.2, -0.15) is 0 Å². The first kappa shape index (κ1) is 11.1. The highest BCUT2D eigenvalue weighted by Gasteiger charge is 2.03. The maximum Gasteiger partial charge on any atom is 0.220 e. The Bertz CT molecular complexity index is 298. The van der Waals surface area contributed by atoms with Crippen molar-refractivity contribution in [3.05, 3.63) is 16.1 Å². The largest absolute Gasteiger partial charge is 0.356 e. The molecule has 4 nitrogen and oxygen atoms in total. The zero-order valence-corrected chi connectivity index (χ0v) is 9.06. The molecule has 0 bridgehead atoms. The molecule has 0 radical (unpaired) electrons. The molecule has 3 N–H and O–H groups in total. The van der Waals surface area contributed by atoms with Crippen LogP contribution in [0.3, 0.4) is 0 Å². The molecule has 0 aliphatic heterocycles. The van der Waals surface area contributed by atoms with Gasteiger partial charge in [0.15, 0.2) is 0 Å². The van der Waals surface area contributed by atoms with E-state index in [1.54, 1.807) is 11.3 Å². The smallest absolute Gasteiger partial charge is 0.220 e. The summed E-state index contributed by atoms with van der Waals surface area (Å²) in [6, 6.07) is 0. The van der Waals surface area contributed by atoms with Crippen molar-refractivity contribution >= 4 is 17.2 Å². The van der Waals surface area contributed by atoms with Gasteiger partial charge in [0.1, 0.15) is 5.01 Å². The Morgan fingerprint density at radius 2 is 2.50 bits per heavy atom. The van der Waals surface area contributed by atoms with E-state index in [0.717, 1.165) is 10.7 Å². The van der Waals surface area contributed by atoms with E-state index in [-0.39, 0.29) is 5.91 Å². The minimum Gasteiger partial charge on any atom is -0.356 e. The van der Waals surface area contributed by atoms with Crippen molar-refractivity contribution in [2.24, 2.45) is 5.73 Å². The molecule has 0 unspecified atom stereocenters. The molecule has 1 aromatic heterocycles. The first-order valence-corrected chi connectivity index (χ1v) is 5.54. The lowest BCUT2D eigenvalue weighted by atomic mass is 10.2. The molecule has 0 saturated heterocycles. The minimum absolute atomic E-state index is 0.0785. The van der Waals surface area contributed by atoms with Crippen LogP contribution in [-0.2, 0) is 17.8 Å². The van der Waals surface area contributed by atoms with E-state index in [1.807, 2.05) is 12.3 Å². The third-order valence-electron chi connectivity index (χ3n) is 1.76. The van der Waals surface area contributed by atoms with Crippen LogP contribution in [-0.4, -0.2) is 17.4 Å². The van der Waals surface area contributed by atoms with E-state index in [2.05, 4.69) is 10.3 Å². The standard InChI is InChI=1S/C9H15N3OS/c1-2-11-8(13)4-3-7-6-14-9(5-10)12-7/h6H,2-5,10H2,1H3,(H,11,13). The van der Waals surface area contributed by atoms with Crippen LogP contribution in [0.4, 0.5) is 0 Å². The quantitative estimate of drug-likeness (QED) is 0.755. The summed E-state index contributed by atoms with van der Waals surface area (Å²) < 4.78 is 0. The molecule has 14 heavy (non-hydrogen) atoms. The summed E-state index contributed by atoms with van der Waals surface area (Å²) >= 11 is 1.55. The van der Waals surface area contributed by atoms with Crippen molar-refractivity contribution in [1.82, 2.24) is 10.3 Å². The van der Waals surface area contributed by atoms with E-state index in [0.29, 0.717) is 25.9 Å². The van der Waals surface area contributed by atoms with E-state index in [4.69, 9.17) is 5.73 Å². The van der Waals surface area contributed by atoms with Gasteiger partial charge in [-0.25, -0.2) is 4.98 Å². The number of nitrogens with one attached hydrogen (secondary N) is 1. The molecule has 0 spiro atoms. The predicted octanol–water partition coefficient (Wildman–Crippen LogP) is 0.670. The number of hydrogen-bond acceptors (Lipinski definition) is 4. The summed E-state index contributed by atoms with van der Waals surface area (Å²) in [5.41, 5.74) is 6.40. The number of hydrogen-bond donors (Lipinski definition) is 2. The number of aryl methyl sites for hydroxylation is 1. The molecule has 1 rings (SSSR count). The van der Waals surface area contributed by atoms with Gasteiger partial charge in [-0.15, -0.1) is 11.3 Å². The minimum atomic E-state index is 0.0785. The van der Waals surface area contributed by atoms with Gasteiger partial charge < -0.3 is 11.1 Å². The highest BCUT2D eigenvalue weighted by Crippen LogP contribution is 2.10. The Morgan fingerprint density at radius 1 is 1.71 bits per heavy atom. The van der Waals surface area contributed by atoms with Gasteiger partial charge in [-0.1, -0.05) is 0 Å². The Labute approximate surface area is 87.5 Å². The van der Waals surface area contributed by atoms with Gasteiger partial charge in [-0.05, 0) is 13.3 Å². The second-order valence-electron chi connectivity index (χ2n) is 2.89. The van der Waals surface area contributed by atoms with Crippen molar-refractivity contribution in [1.29, 1.82) is 0 Å². The molecule has 0 aromatic carbocycles. The zero-order valence-electron chi connectivity index (χ0n) is 8.25. The van der Waals surface area contributed by atoms with E-state index in [9.17, 15) is 4.79 Å². The predicted molar refractivity (Wildman–Crippen MR) is 57.0 cm³/mol. The number of carbonyl (C=O) groups is 1. The lowest BCUT2D eigenvalue weighted by molar-refractivity contribution is -0.120. The molecule has 0 saturated carbocycles. The topological polar surface area (TPSA) is 68.0 Å². The third-order valence-corrected chi connectivity index (χ3v) is 2.68. The maximum absolute atomic E-state index is 11.1. The summed E-state index contributed by atoms with van der Waals surface area (Å²) in [7, 11) is 0. The van der Waals surface area contributed by atoms with Crippen LogP contribution in [0.1, 0.15) is 24.0 Å². The molecular weight excluding hydrogens is 198 g/mol. The average molecular weight is 213 g/mol. The Morgan fingerprint density at radius 3 is 3.07 bits per heavy atom. The Balaban J connectivity index is 2.34. The van der Waals surface area contributed by atoms with Gasteiger partial charge in [0, 0.05) is 24.9 Å². The third kappa shape index (κ3) is 3.43. The second-order valence-corrected chi connectivity index (χ2v) is 3.83. The number of nitrogens with zero attached hydrogens (tertiary/aromatic N) is 1. The Kier molecular flexibility index (Phi) is 4.55. The summed E-state index contributed by atoms with van der Waals surface area (Å²) in [4.78, 5) is 15.4. The number of nitrogens with two attached hydrogens (primary N) is 1. The highest BCUT2D eigenvalue weighted by molar-refractivity contribution is 7.09. The van der Waals surface area contributed by atoms with Crippen LogP contribution in [0.2, 0.25) is 0 Å². The summed E-state index contributed by atoms with van der Waals surface area (Å²) in [6.45, 7) is 3.07. The van der Waals surface area contributed by atoms with Crippen LogP contribution in [0.25, 0.3) is 0 Å². The molecule has 0 aliphatic carbocycles. The van der Waals surface area contributed by atoms with Gasteiger partial charge in [0.05, 0.1) is 5.69 Å². The van der Waals surface area contributed by atoms with Crippen molar-refractivity contribution in [3.63, 3.8) is 0 Å². The van der Waals surface area contributed by atoms with Crippen LogP contribution >= 0.6 is 11.3 Å². The highest BCUT2D eigenvalue weighted by atomic mass is 32.1. The van der Waals surface area contributed by atoms with Crippen molar-refractivity contribution < 1.29 is 4.79 Å². The second kappa shape index (κ2) is 5.72. The molecule has 78 valence electrons. The molecule has 1 amide bonds. The van der Waals surface area contributed by atoms with Crippen molar-refractivity contribution in [3.8, 4) is 0 Å². The van der Waals surface area contributed by atoms with Crippen molar-refractivity contribution in [2.45, 2.75) is 26.3 Å². The van der Waals surface area contributed by atoms with Gasteiger partial charge in [0.25, 0.3) is 0 Å². The molecule has 0 aliphatic rings. The fourth-order valence-electron chi connectivity index (χ4n) is 1.08. The molecule has 1 heterocycles. The SMILES string of the molecule is CCNC(=O)CCc1csc(CN)n1. The molecule has 0 fully saturated rings. The van der Waals surface area contributed by atoms with Gasteiger partial charge in [-0.3, -0.25) is 4.79 Å². The Hall–Kier alpha value is -0.940. The van der Waals surface area contributed by atoms with Gasteiger partial charge >= 0.3 is 0 Å². The maximum atomic E-state index is 11.1. The van der Waals surface area contributed by atoms with Crippen molar-refractivity contribution in [2.75, 3.05) is 6.54 Å². The molecule has 0 atom stereocenters. The lowest BCUT2D eigenvalue weighted by Gasteiger charge is -1.99. The van der Waals surface area contributed by atoms with Crippen LogP contribution in [0.5, 0.6) is 0 Å². The number of rotatable bonds is 5. The van der Waals surface area contributed by atoms with Crippen LogP contribution in [0, 0.1) is 0 Å². The monoisotopic (exact) mass is 213 g/mol. The summed E-state index contributed by atoms with van der Waals surface area (Å²) in [6.07, 6.45) is 1.20. The lowest BCUT2D eigenvalue weighted by Crippen LogP contribution is -2.22. The number of carbonyl (C=O) groups excluding carboxylic acids is 1. The first-order chi connectivity index (χ1) is 6.76. The summed E-state index contributed by atoms with van der Waals surface area (Å²) in [5.74, 6) is 0.0785. The first-order valence-electron chi connectivity index (χ1n) is 4.66. The zero-order chi connectivity index (χ0) is 10.4. The van der Waals surface area contributed by atoms with Gasteiger partial charge in [0.2, 0.25) is 5.91 Å². The van der Waals surface area contributed by atoms with Crippen LogP contribution < -0.4 is 11.1 Å². The van der Waals surface area contributed by atoms with E-state index in [1.165, 1.54) is 0 Å². The number of aromatic nitrogens is 1. The fraction of sp³-hybridized carbons (Fsp3) is 0.556. The van der Waals surface area contributed by atoms with Crippen LogP contribution in [0.15, 0.2) is 5.38 Å². The summed E-state index contributed by atoms with van der Waals surface area (Å²) in [5, 5.41) is 5.64. The van der Waals surface area contributed by atoms with E-state index < -0.39 is 0 Å². The molecule has 5 heteroatoms. The van der Waals surface area contributed by atoms with E-state index >= 15 is 0 Å². The molecule has 1 aromatic rings. The fourth-order valence-corrected chi connectivity index (χ4v) is 1.79. The number of amides is 1.